The van der Waals surface area contributed by atoms with Gasteiger partial charge in [-0.2, -0.15) is 0 Å². The molecule has 1 aromatic rings. The highest BCUT2D eigenvalue weighted by Gasteiger charge is 2.18. The third kappa shape index (κ3) is 4.10. The Bertz CT molecular complexity index is 455. The van der Waals surface area contributed by atoms with Gasteiger partial charge in [0.15, 0.2) is 0 Å². The number of nitrogens with one attached hydrogen (secondary N) is 2. The molecule has 4 N–H and O–H groups in total. The van der Waals surface area contributed by atoms with Gasteiger partial charge in [-0.1, -0.05) is 6.08 Å². The summed E-state index contributed by atoms with van der Waals surface area (Å²) in [5.74, 6) is -0.0730. The maximum atomic E-state index is 11.8. The number of carbonyl (C=O) groups excluding carboxylic acids is 1. The van der Waals surface area contributed by atoms with Gasteiger partial charge >= 0.3 is 0 Å². The second kappa shape index (κ2) is 7.10. The largest absolute Gasteiger partial charge is 0.382 e. The minimum atomic E-state index is -0.0730. The molecule has 1 saturated carbocycles. The maximum absolute atomic E-state index is 11.8. The van der Waals surface area contributed by atoms with E-state index in [1.54, 1.807) is 6.08 Å². The number of hydrogen-bond donors (Lipinski definition) is 3. The Kier molecular flexibility index (Phi) is 5.18. The fraction of sp³-hybridized carbons (Fsp3) is 0.438. The van der Waals surface area contributed by atoms with E-state index in [4.69, 9.17) is 5.73 Å². The van der Waals surface area contributed by atoms with Crippen molar-refractivity contribution in [1.29, 1.82) is 0 Å². The Morgan fingerprint density at radius 2 is 2.10 bits per heavy atom. The highest BCUT2D eigenvalue weighted by atomic mass is 16.1. The maximum Gasteiger partial charge on any atom is 0.251 e. The molecule has 1 aromatic carbocycles. The predicted octanol–water partition coefficient (Wildman–Crippen LogP) is 2.28. The van der Waals surface area contributed by atoms with Crippen LogP contribution in [0.3, 0.4) is 0 Å². The molecule has 1 fully saturated rings. The van der Waals surface area contributed by atoms with Crippen LogP contribution in [0.4, 0.5) is 5.69 Å². The third-order valence-corrected chi connectivity index (χ3v) is 3.64. The minimum Gasteiger partial charge on any atom is -0.382 e. The number of carbonyl (C=O) groups is 1. The van der Waals surface area contributed by atoms with Crippen molar-refractivity contribution in [2.45, 2.75) is 37.8 Å². The molecule has 0 radical (unpaired) electrons. The summed E-state index contributed by atoms with van der Waals surface area (Å²) in [6.45, 7) is 4.06. The normalized spacial score (nSPS) is 22.1. The smallest absolute Gasteiger partial charge is 0.251 e. The van der Waals surface area contributed by atoms with Gasteiger partial charge in [-0.25, -0.2) is 0 Å². The molecule has 1 aliphatic carbocycles. The van der Waals surface area contributed by atoms with Crippen LogP contribution in [-0.2, 0) is 0 Å². The first-order valence-electron chi connectivity index (χ1n) is 7.20. The van der Waals surface area contributed by atoms with E-state index in [0.29, 0.717) is 24.2 Å². The monoisotopic (exact) mass is 273 g/mol. The van der Waals surface area contributed by atoms with E-state index in [1.807, 2.05) is 24.3 Å². The molecule has 0 heterocycles. The van der Waals surface area contributed by atoms with Crippen molar-refractivity contribution < 1.29 is 4.79 Å². The Morgan fingerprint density at radius 1 is 1.35 bits per heavy atom. The van der Waals surface area contributed by atoms with Crippen molar-refractivity contribution in [1.82, 2.24) is 5.32 Å². The molecule has 0 saturated heterocycles. The number of rotatable bonds is 5. The summed E-state index contributed by atoms with van der Waals surface area (Å²) in [5, 5.41) is 6.25. The second-order valence-electron chi connectivity index (χ2n) is 5.34. The van der Waals surface area contributed by atoms with Crippen LogP contribution in [0, 0.1) is 0 Å². The van der Waals surface area contributed by atoms with Gasteiger partial charge in [-0.05, 0) is 49.9 Å². The molecule has 2 rings (SSSR count). The Morgan fingerprint density at radius 3 is 2.75 bits per heavy atom. The lowest BCUT2D eigenvalue weighted by atomic mass is 9.91. The molecule has 1 aliphatic rings. The summed E-state index contributed by atoms with van der Waals surface area (Å²) < 4.78 is 0. The van der Waals surface area contributed by atoms with E-state index >= 15 is 0 Å². The SMILES string of the molecule is C=CCNC(=O)c1ccc(NC2CCCC(N)C2)cc1. The quantitative estimate of drug-likeness (QED) is 0.721. The standard InChI is InChI=1S/C16H23N3O/c1-2-10-18-16(20)12-6-8-14(9-7-12)19-15-5-3-4-13(17)11-15/h2,6-9,13,15,19H,1,3-5,10-11,17H2,(H,18,20). The first-order chi connectivity index (χ1) is 9.69. The van der Waals surface area contributed by atoms with Crippen LogP contribution in [0.25, 0.3) is 0 Å². The van der Waals surface area contributed by atoms with Gasteiger partial charge < -0.3 is 16.4 Å². The third-order valence-electron chi connectivity index (χ3n) is 3.64. The van der Waals surface area contributed by atoms with Crippen molar-refractivity contribution in [2.75, 3.05) is 11.9 Å². The molecule has 20 heavy (non-hydrogen) atoms. The molecule has 2 unspecified atom stereocenters. The molecule has 1 amide bonds. The van der Waals surface area contributed by atoms with E-state index in [-0.39, 0.29) is 5.91 Å². The molecule has 2 atom stereocenters. The molecule has 0 aromatic heterocycles. The summed E-state index contributed by atoms with van der Waals surface area (Å²) in [5.41, 5.74) is 7.70. The zero-order valence-corrected chi connectivity index (χ0v) is 11.8. The lowest BCUT2D eigenvalue weighted by molar-refractivity contribution is 0.0958. The van der Waals surface area contributed by atoms with E-state index in [1.165, 1.54) is 6.42 Å². The van der Waals surface area contributed by atoms with Gasteiger partial charge in [0.25, 0.3) is 5.91 Å². The average Bonchev–Trinajstić information content (AvgIpc) is 2.45. The topological polar surface area (TPSA) is 67.2 Å². The highest BCUT2D eigenvalue weighted by Crippen LogP contribution is 2.21. The number of hydrogen-bond acceptors (Lipinski definition) is 3. The summed E-state index contributed by atoms with van der Waals surface area (Å²) in [6.07, 6.45) is 6.15. The van der Waals surface area contributed by atoms with Gasteiger partial charge in [0.2, 0.25) is 0 Å². The second-order valence-corrected chi connectivity index (χ2v) is 5.34. The zero-order chi connectivity index (χ0) is 14.4. The van der Waals surface area contributed by atoms with E-state index < -0.39 is 0 Å². The van der Waals surface area contributed by atoms with Crippen molar-refractivity contribution >= 4 is 11.6 Å². The van der Waals surface area contributed by atoms with Gasteiger partial charge in [0.05, 0.1) is 0 Å². The Hall–Kier alpha value is -1.81. The van der Waals surface area contributed by atoms with Crippen LogP contribution >= 0.6 is 0 Å². The molecule has 0 bridgehead atoms. The van der Waals surface area contributed by atoms with Crippen LogP contribution in [0.5, 0.6) is 0 Å². The lowest BCUT2D eigenvalue weighted by Gasteiger charge is -2.28. The molecule has 4 heteroatoms. The summed E-state index contributed by atoms with van der Waals surface area (Å²) in [7, 11) is 0. The number of amides is 1. The molecule has 108 valence electrons. The molecule has 0 aliphatic heterocycles. The van der Waals surface area contributed by atoms with E-state index in [0.717, 1.165) is 24.9 Å². The Balaban J connectivity index is 1.90. The predicted molar refractivity (Wildman–Crippen MR) is 82.8 cm³/mol. The first-order valence-corrected chi connectivity index (χ1v) is 7.20. The number of nitrogens with two attached hydrogens (primary N) is 1. The fourth-order valence-corrected chi connectivity index (χ4v) is 2.58. The fourth-order valence-electron chi connectivity index (χ4n) is 2.58. The Labute approximate surface area is 120 Å². The van der Waals surface area contributed by atoms with Gasteiger partial charge in [-0.15, -0.1) is 6.58 Å². The lowest BCUT2D eigenvalue weighted by Crippen LogP contribution is -2.34. The van der Waals surface area contributed by atoms with Crippen molar-refractivity contribution in [2.24, 2.45) is 5.73 Å². The van der Waals surface area contributed by atoms with Crippen LogP contribution in [0.15, 0.2) is 36.9 Å². The van der Waals surface area contributed by atoms with Crippen LogP contribution in [-0.4, -0.2) is 24.5 Å². The van der Waals surface area contributed by atoms with Crippen LogP contribution < -0.4 is 16.4 Å². The summed E-state index contributed by atoms with van der Waals surface area (Å²) in [6, 6.07) is 8.32. The van der Waals surface area contributed by atoms with E-state index in [2.05, 4.69) is 17.2 Å². The zero-order valence-electron chi connectivity index (χ0n) is 11.8. The molecule has 0 spiro atoms. The average molecular weight is 273 g/mol. The van der Waals surface area contributed by atoms with Gasteiger partial charge in [0.1, 0.15) is 0 Å². The molecular weight excluding hydrogens is 250 g/mol. The van der Waals surface area contributed by atoms with Crippen LogP contribution in [0.1, 0.15) is 36.0 Å². The number of benzene rings is 1. The highest BCUT2D eigenvalue weighted by molar-refractivity contribution is 5.94. The first kappa shape index (κ1) is 14.6. The van der Waals surface area contributed by atoms with Gasteiger partial charge in [0, 0.05) is 29.9 Å². The minimum absolute atomic E-state index is 0.0730. The number of anilines is 1. The van der Waals surface area contributed by atoms with Gasteiger partial charge in [-0.3, -0.25) is 4.79 Å². The summed E-state index contributed by atoms with van der Waals surface area (Å²) in [4.78, 5) is 11.8. The molecule has 4 nitrogen and oxygen atoms in total. The molecular formula is C16H23N3O. The van der Waals surface area contributed by atoms with Crippen molar-refractivity contribution in [3.8, 4) is 0 Å². The van der Waals surface area contributed by atoms with Crippen molar-refractivity contribution in [3.05, 3.63) is 42.5 Å². The van der Waals surface area contributed by atoms with Crippen molar-refractivity contribution in [3.63, 3.8) is 0 Å². The summed E-state index contributed by atoms with van der Waals surface area (Å²) >= 11 is 0. The van der Waals surface area contributed by atoms with Crippen LogP contribution in [0.2, 0.25) is 0 Å². The van der Waals surface area contributed by atoms with E-state index in [9.17, 15) is 4.79 Å².